The summed E-state index contributed by atoms with van der Waals surface area (Å²) in [5, 5.41) is 15.7. The average Bonchev–Trinajstić information content (AvgIpc) is 3.16. The van der Waals surface area contributed by atoms with Gasteiger partial charge in [0.15, 0.2) is 5.13 Å². The highest BCUT2D eigenvalue weighted by atomic mass is 32.1. The molecule has 1 aromatic heterocycles. The molecule has 31 heavy (non-hydrogen) atoms. The summed E-state index contributed by atoms with van der Waals surface area (Å²) in [5.41, 5.74) is 2.11. The Kier molecular flexibility index (Phi) is 6.31. The fourth-order valence-electron chi connectivity index (χ4n) is 2.84. The molecule has 0 fully saturated rings. The normalized spacial score (nSPS) is 11.1. The zero-order valence-electron chi connectivity index (χ0n) is 18.1. The number of carbonyl (C=O) groups excluding carboxylic acids is 2. The Morgan fingerprint density at radius 1 is 1.00 bits per heavy atom. The van der Waals surface area contributed by atoms with Gasteiger partial charge in [-0.25, -0.2) is 4.98 Å². The molecule has 0 aliphatic carbocycles. The number of nitrogens with zero attached hydrogens (tertiary/aromatic N) is 1. The number of amides is 2. The number of phenols is 1. The van der Waals surface area contributed by atoms with Crippen LogP contribution in [0.25, 0.3) is 0 Å². The van der Waals surface area contributed by atoms with Gasteiger partial charge in [-0.1, -0.05) is 17.4 Å². The van der Waals surface area contributed by atoms with Crippen molar-refractivity contribution in [1.82, 2.24) is 4.98 Å². The molecule has 0 atom stereocenters. The molecule has 3 aromatic rings. The maximum atomic E-state index is 12.6. The van der Waals surface area contributed by atoms with Crippen LogP contribution in [0.4, 0.5) is 10.8 Å². The van der Waals surface area contributed by atoms with Crippen LogP contribution in [0.2, 0.25) is 0 Å². The third kappa shape index (κ3) is 5.61. The van der Waals surface area contributed by atoms with Crippen molar-refractivity contribution in [3.8, 4) is 11.5 Å². The van der Waals surface area contributed by atoms with Crippen LogP contribution >= 0.6 is 11.3 Å². The van der Waals surface area contributed by atoms with Crippen molar-refractivity contribution in [3.63, 3.8) is 0 Å². The number of anilines is 2. The zero-order chi connectivity index (χ0) is 22.8. The summed E-state index contributed by atoms with van der Waals surface area (Å²) in [7, 11) is 0. The Bertz CT molecular complexity index is 1110. The van der Waals surface area contributed by atoms with Gasteiger partial charge in [-0.05, 0) is 70.5 Å². The highest BCUT2D eigenvalue weighted by Crippen LogP contribution is 2.29. The monoisotopic (exact) mass is 439 g/mol. The lowest BCUT2D eigenvalue weighted by Gasteiger charge is -2.21. The highest BCUT2D eigenvalue weighted by molar-refractivity contribution is 7.17. The van der Waals surface area contributed by atoms with Gasteiger partial charge in [-0.3, -0.25) is 14.9 Å². The first-order valence-electron chi connectivity index (χ1n) is 9.70. The first-order chi connectivity index (χ1) is 14.5. The van der Waals surface area contributed by atoms with Gasteiger partial charge in [0.25, 0.3) is 11.8 Å². The SMILES string of the molecule is Cc1ccc(O)c(C)c1NC(=O)c1cnc(NC(=O)c2ccc(OC(C)(C)C)cc2)s1. The number of thiazole rings is 1. The summed E-state index contributed by atoms with van der Waals surface area (Å²) in [5.74, 6) is 0.0913. The molecular formula is C23H25N3O4S. The van der Waals surface area contributed by atoms with Gasteiger partial charge in [0.05, 0.1) is 11.9 Å². The van der Waals surface area contributed by atoms with Crippen LogP contribution < -0.4 is 15.4 Å². The van der Waals surface area contributed by atoms with Crippen LogP contribution in [0.3, 0.4) is 0 Å². The first-order valence-corrected chi connectivity index (χ1v) is 10.5. The van der Waals surface area contributed by atoms with E-state index in [0.717, 1.165) is 16.9 Å². The molecule has 0 bridgehead atoms. The van der Waals surface area contributed by atoms with Crippen molar-refractivity contribution in [1.29, 1.82) is 0 Å². The van der Waals surface area contributed by atoms with E-state index in [1.807, 2.05) is 27.7 Å². The van der Waals surface area contributed by atoms with Crippen molar-refractivity contribution >= 4 is 34.0 Å². The maximum absolute atomic E-state index is 12.6. The first kappa shape index (κ1) is 22.3. The second kappa shape index (κ2) is 8.77. The molecule has 1 heterocycles. The van der Waals surface area contributed by atoms with Crippen molar-refractivity contribution in [2.24, 2.45) is 0 Å². The molecule has 0 saturated heterocycles. The predicted octanol–water partition coefficient (Wildman–Crippen LogP) is 5.15. The quantitative estimate of drug-likeness (QED) is 0.511. The number of benzene rings is 2. The largest absolute Gasteiger partial charge is 0.508 e. The number of hydrogen-bond donors (Lipinski definition) is 3. The van der Waals surface area contributed by atoms with E-state index >= 15 is 0 Å². The van der Waals surface area contributed by atoms with Crippen LogP contribution in [0, 0.1) is 13.8 Å². The molecule has 2 aromatic carbocycles. The molecule has 3 rings (SSSR count). The van der Waals surface area contributed by atoms with Crippen molar-refractivity contribution in [2.45, 2.75) is 40.2 Å². The summed E-state index contributed by atoms with van der Waals surface area (Å²) in [6.45, 7) is 9.43. The van der Waals surface area contributed by atoms with Gasteiger partial charge in [0.1, 0.15) is 22.0 Å². The Balaban J connectivity index is 1.66. The number of aromatic hydroxyl groups is 1. The van der Waals surface area contributed by atoms with Crippen molar-refractivity contribution in [3.05, 3.63) is 64.2 Å². The van der Waals surface area contributed by atoms with Gasteiger partial charge in [-0.15, -0.1) is 0 Å². The molecule has 0 aliphatic heterocycles. The maximum Gasteiger partial charge on any atom is 0.267 e. The Labute approximate surface area is 185 Å². The van der Waals surface area contributed by atoms with E-state index in [1.165, 1.54) is 6.20 Å². The number of ether oxygens (including phenoxy) is 1. The lowest BCUT2D eigenvalue weighted by Crippen LogP contribution is -2.23. The van der Waals surface area contributed by atoms with Crippen molar-refractivity contribution < 1.29 is 19.4 Å². The molecule has 2 amide bonds. The van der Waals surface area contributed by atoms with E-state index in [2.05, 4.69) is 15.6 Å². The molecule has 3 N–H and O–H groups in total. The number of rotatable bonds is 5. The Morgan fingerprint density at radius 2 is 1.68 bits per heavy atom. The fraction of sp³-hybridized carbons (Fsp3) is 0.261. The number of aromatic nitrogens is 1. The Morgan fingerprint density at radius 3 is 2.32 bits per heavy atom. The highest BCUT2D eigenvalue weighted by Gasteiger charge is 2.17. The molecule has 0 saturated carbocycles. The number of nitrogens with one attached hydrogen (secondary N) is 2. The second-order valence-corrected chi connectivity index (χ2v) is 9.11. The van der Waals surface area contributed by atoms with Crippen LogP contribution in [-0.2, 0) is 0 Å². The molecule has 0 aliphatic rings. The summed E-state index contributed by atoms with van der Waals surface area (Å²) in [6.07, 6.45) is 1.41. The average molecular weight is 440 g/mol. The predicted molar refractivity (Wildman–Crippen MR) is 122 cm³/mol. The number of phenolic OH excluding ortho intramolecular Hbond substituents is 1. The van der Waals surface area contributed by atoms with Gasteiger partial charge in [0.2, 0.25) is 0 Å². The van der Waals surface area contributed by atoms with Gasteiger partial charge in [0, 0.05) is 11.1 Å². The number of hydrogen-bond acceptors (Lipinski definition) is 6. The van der Waals surface area contributed by atoms with Crippen LogP contribution in [0.5, 0.6) is 11.5 Å². The Hall–Kier alpha value is -3.39. The minimum Gasteiger partial charge on any atom is -0.508 e. The van der Waals surface area contributed by atoms with E-state index in [1.54, 1.807) is 43.3 Å². The van der Waals surface area contributed by atoms with Crippen LogP contribution in [0.15, 0.2) is 42.6 Å². The molecular weight excluding hydrogens is 414 g/mol. The third-order valence-corrected chi connectivity index (χ3v) is 5.29. The van der Waals surface area contributed by atoms with E-state index < -0.39 is 0 Å². The van der Waals surface area contributed by atoms with Gasteiger partial charge in [-0.2, -0.15) is 0 Å². The van der Waals surface area contributed by atoms with E-state index in [9.17, 15) is 14.7 Å². The van der Waals surface area contributed by atoms with Gasteiger partial charge >= 0.3 is 0 Å². The molecule has 0 unspecified atom stereocenters. The summed E-state index contributed by atoms with van der Waals surface area (Å²) < 4.78 is 5.76. The lowest BCUT2D eigenvalue weighted by molar-refractivity contribution is 0.102. The minimum atomic E-state index is -0.363. The molecule has 8 heteroatoms. The van der Waals surface area contributed by atoms with Crippen LogP contribution in [-0.4, -0.2) is 27.5 Å². The number of aryl methyl sites for hydroxylation is 1. The summed E-state index contributed by atoms with van der Waals surface area (Å²) >= 11 is 1.07. The fourth-order valence-corrected chi connectivity index (χ4v) is 3.54. The van der Waals surface area contributed by atoms with E-state index in [0.29, 0.717) is 32.6 Å². The molecule has 7 nitrogen and oxygen atoms in total. The van der Waals surface area contributed by atoms with Crippen molar-refractivity contribution in [2.75, 3.05) is 10.6 Å². The van der Waals surface area contributed by atoms with Crippen LogP contribution in [0.1, 0.15) is 51.9 Å². The summed E-state index contributed by atoms with van der Waals surface area (Å²) in [6, 6.07) is 10.1. The van der Waals surface area contributed by atoms with E-state index in [-0.39, 0.29) is 23.2 Å². The second-order valence-electron chi connectivity index (χ2n) is 8.08. The molecule has 0 radical (unpaired) electrons. The third-order valence-electron chi connectivity index (χ3n) is 4.37. The smallest absolute Gasteiger partial charge is 0.267 e. The molecule has 0 spiro atoms. The number of carbonyl (C=O) groups is 2. The topological polar surface area (TPSA) is 101 Å². The van der Waals surface area contributed by atoms with E-state index in [4.69, 9.17) is 4.74 Å². The van der Waals surface area contributed by atoms with Gasteiger partial charge < -0.3 is 15.2 Å². The zero-order valence-corrected chi connectivity index (χ0v) is 18.9. The summed E-state index contributed by atoms with van der Waals surface area (Å²) in [4.78, 5) is 29.6. The minimum absolute atomic E-state index is 0.108. The lowest BCUT2D eigenvalue weighted by atomic mass is 10.1. The standard InChI is InChI=1S/C23H25N3O4S/c1-13-6-11-17(27)14(2)19(13)25-21(29)18-12-24-22(31-18)26-20(28)15-7-9-16(10-8-15)30-23(3,4)5/h6-12,27H,1-5H3,(H,25,29)(H,24,26,28). The molecule has 162 valence electrons.